The smallest absolute Gasteiger partial charge is 0.335 e. The van der Waals surface area contributed by atoms with Gasteiger partial charge < -0.3 is 9.30 Å². The Kier molecular flexibility index (Phi) is 6.55. The summed E-state index contributed by atoms with van der Waals surface area (Å²) in [5.41, 5.74) is 0.580. The number of barbiturate groups is 1. The number of hydrogen-bond donors (Lipinski definition) is 1. The molecule has 3 aromatic rings. The zero-order valence-electron chi connectivity index (χ0n) is 17.3. The third-order valence-electron chi connectivity index (χ3n) is 4.97. The first-order valence-corrected chi connectivity index (χ1v) is 10.5. The maximum atomic E-state index is 13.2. The quantitative estimate of drug-likeness (QED) is 0.317. The van der Waals surface area contributed by atoms with Gasteiger partial charge in [-0.25, -0.2) is 14.1 Å². The third-order valence-corrected chi connectivity index (χ3v) is 5.22. The average molecular weight is 468 g/mol. The van der Waals surface area contributed by atoms with Gasteiger partial charge in [-0.2, -0.15) is 0 Å². The number of carbonyl (C=O) groups excluding carboxylic acids is 3. The lowest BCUT2D eigenvalue weighted by molar-refractivity contribution is -0.122. The predicted molar refractivity (Wildman–Crippen MR) is 121 cm³/mol. The van der Waals surface area contributed by atoms with Crippen molar-refractivity contribution in [1.29, 1.82) is 0 Å². The Morgan fingerprint density at radius 3 is 2.45 bits per heavy atom. The molecule has 0 radical (unpaired) electrons. The molecular formula is C24H19ClFN3O4. The molecule has 1 N–H and O–H groups in total. The molecule has 1 aliphatic heterocycles. The molecule has 0 atom stereocenters. The minimum Gasteiger partial charge on any atom is -0.494 e. The molecule has 0 bridgehead atoms. The van der Waals surface area contributed by atoms with Crippen LogP contribution in [-0.2, 0) is 16.1 Å². The highest BCUT2D eigenvalue weighted by atomic mass is 35.5. The topological polar surface area (TPSA) is 80.6 Å². The molecule has 33 heavy (non-hydrogen) atoms. The van der Waals surface area contributed by atoms with E-state index in [-0.39, 0.29) is 11.3 Å². The molecule has 0 aliphatic carbocycles. The first-order chi connectivity index (χ1) is 15.9. The molecule has 0 unspecified atom stereocenters. The summed E-state index contributed by atoms with van der Waals surface area (Å²) in [6.07, 6.45) is 3.93. The highest BCUT2D eigenvalue weighted by Gasteiger charge is 2.36. The van der Waals surface area contributed by atoms with Gasteiger partial charge in [0, 0.05) is 23.5 Å². The molecule has 9 heteroatoms. The van der Waals surface area contributed by atoms with E-state index in [0.29, 0.717) is 36.0 Å². The van der Waals surface area contributed by atoms with E-state index < -0.39 is 23.7 Å². The van der Waals surface area contributed by atoms with Crippen LogP contribution in [0.4, 0.5) is 14.9 Å². The lowest BCUT2D eigenvalue weighted by atomic mass is 10.1. The summed E-state index contributed by atoms with van der Waals surface area (Å²) in [4.78, 5) is 38.4. The van der Waals surface area contributed by atoms with Gasteiger partial charge >= 0.3 is 6.03 Å². The number of anilines is 1. The molecule has 2 heterocycles. The van der Waals surface area contributed by atoms with Crippen LogP contribution in [0.15, 0.2) is 72.4 Å². The van der Waals surface area contributed by atoms with E-state index in [4.69, 9.17) is 16.3 Å². The molecule has 1 aromatic heterocycles. The minimum absolute atomic E-state index is 0.159. The summed E-state index contributed by atoms with van der Waals surface area (Å²) in [7, 11) is 0. The van der Waals surface area contributed by atoms with Crippen molar-refractivity contribution in [2.45, 2.75) is 13.0 Å². The van der Waals surface area contributed by atoms with E-state index in [0.717, 1.165) is 17.0 Å². The lowest BCUT2D eigenvalue weighted by Gasteiger charge is -2.26. The van der Waals surface area contributed by atoms with Crippen LogP contribution in [0, 0.1) is 5.82 Å². The number of aryl methyl sites for hydroxylation is 1. The van der Waals surface area contributed by atoms with Crippen LogP contribution < -0.4 is 15.0 Å². The maximum Gasteiger partial charge on any atom is 0.335 e. The minimum atomic E-state index is -0.886. The lowest BCUT2D eigenvalue weighted by Crippen LogP contribution is -2.54. The zero-order valence-corrected chi connectivity index (χ0v) is 18.1. The van der Waals surface area contributed by atoms with Crippen LogP contribution in [0.5, 0.6) is 5.75 Å². The van der Waals surface area contributed by atoms with E-state index in [2.05, 4.69) is 5.32 Å². The molecular weight excluding hydrogens is 449 g/mol. The van der Waals surface area contributed by atoms with Crippen LogP contribution in [0.1, 0.15) is 12.1 Å². The normalized spacial score (nSPS) is 15.2. The van der Waals surface area contributed by atoms with Crippen molar-refractivity contribution in [2.24, 2.45) is 0 Å². The van der Waals surface area contributed by atoms with Crippen molar-refractivity contribution in [3.63, 3.8) is 0 Å². The van der Waals surface area contributed by atoms with E-state index in [1.54, 1.807) is 36.4 Å². The summed E-state index contributed by atoms with van der Waals surface area (Å²) in [6.45, 7) is 1.04. The molecule has 1 aliphatic rings. The van der Waals surface area contributed by atoms with Crippen molar-refractivity contribution in [2.75, 3.05) is 11.5 Å². The van der Waals surface area contributed by atoms with Crippen LogP contribution in [0.25, 0.3) is 6.08 Å². The Morgan fingerprint density at radius 1 is 1.00 bits per heavy atom. The number of aromatic nitrogens is 1. The van der Waals surface area contributed by atoms with E-state index >= 15 is 0 Å². The van der Waals surface area contributed by atoms with E-state index in [9.17, 15) is 18.8 Å². The van der Waals surface area contributed by atoms with Crippen LogP contribution in [-0.4, -0.2) is 29.0 Å². The van der Waals surface area contributed by atoms with Gasteiger partial charge in [-0.3, -0.25) is 14.9 Å². The third kappa shape index (κ3) is 5.12. The Bertz CT molecular complexity index is 1220. The second kappa shape index (κ2) is 9.70. The molecule has 4 amide bonds. The van der Waals surface area contributed by atoms with Gasteiger partial charge in [0.05, 0.1) is 12.3 Å². The van der Waals surface area contributed by atoms with E-state index in [1.807, 2.05) is 10.8 Å². The molecule has 1 fully saturated rings. The van der Waals surface area contributed by atoms with E-state index in [1.165, 1.54) is 18.2 Å². The summed E-state index contributed by atoms with van der Waals surface area (Å²) < 4.78 is 20.8. The second-order valence-electron chi connectivity index (χ2n) is 7.22. The first kappa shape index (κ1) is 22.3. The van der Waals surface area contributed by atoms with Crippen LogP contribution in [0.2, 0.25) is 5.02 Å². The monoisotopic (exact) mass is 467 g/mol. The molecule has 0 saturated carbocycles. The standard InChI is InChI=1S/C24H19ClFN3O4/c25-16-4-10-20(11-5-16)33-14-2-13-28-12-1-3-19(28)15-21-22(30)27-24(32)29(23(21)31)18-8-6-17(26)7-9-18/h1,3-12,15H,2,13-14H2,(H,27,30,32). The summed E-state index contributed by atoms with van der Waals surface area (Å²) in [5.74, 6) is -1.37. The van der Waals surface area contributed by atoms with Crippen molar-refractivity contribution >= 4 is 41.2 Å². The number of imide groups is 2. The number of benzene rings is 2. The number of nitrogens with one attached hydrogen (secondary N) is 1. The van der Waals surface area contributed by atoms with Gasteiger partial charge in [-0.15, -0.1) is 0 Å². The largest absolute Gasteiger partial charge is 0.494 e. The summed E-state index contributed by atoms with van der Waals surface area (Å²) in [5, 5.41) is 2.79. The number of nitrogens with zero attached hydrogens (tertiary/aromatic N) is 2. The Balaban J connectivity index is 1.46. The molecule has 1 saturated heterocycles. The van der Waals surface area contributed by atoms with Crippen molar-refractivity contribution < 1.29 is 23.5 Å². The number of ether oxygens (including phenoxy) is 1. The van der Waals surface area contributed by atoms with Crippen LogP contribution >= 0.6 is 11.6 Å². The molecule has 7 nitrogen and oxygen atoms in total. The number of hydrogen-bond acceptors (Lipinski definition) is 4. The average Bonchev–Trinajstić information content (AvgIpc) is 3.23. The SMILES string of the molecule is O=C1NC(=O)N(c2ccc(F)cc2)C(=O)C1=Cc1cccn1CCCOc1ccc(Cl)cc1. The fourth-order valence-corrected chi connectivity index (χ4v) is 3.47. The fourth-order valence-electron chi connectivity index (χ4n) is 3.35. The van der Waals surface area contributed by atoms with Gasteiger partial charge in [-0.1, -0.05) is 11.6 Å². The Hall–Kier alpha value is -3.91. The number of urea groups is 1. The molecule has 4 rings (SSSR count). The van der Waals surface area contributed by atoms with Crippen molar-refractivity contribution in [3.05, 3.63) is 89.0 Å². The van der Waals surface area contributed by atoms with Gasteiger partial charge in [-0.05, 0) is 73.2 Å². The highest BCUT2D eigenvalue weighted by Crippen LogP contribution is 2.22. The predicted octanol–water partition coefficient (Wildman–Crippen LogP) is 4.42. The zero-order chi connectivity index (χ0) is 23.4. The first-order valence-electron chi connectivity index (χ1n) is 10.1. The Labute approximate surface area is 194 Å². The molecule has 168 valence electrons. The van der Waals surface area contributed by atoms with Crippen molar-refractivity contribution in [1.82, 2.24) is 9.88 Å². The van der Waals surface area contributed by atoms with Crippen LogP contribution in [0.3, 0.4) is 0 Å². The highest BCUT2D eigenvalue weighted by molar-refractivity contribution is 6.39. The second-order valence-corrected chi connectivity index (χ2v) is 7.65. The maximum absolute atomic E-state index is 13.2. The van der Waals surface area contributed by atoms with Gasteiger partial charge in [0.25, 0.3) is 11.8 Å². The molecule has 2 aromatic carbocycles. The van der Waals surface area contributed by atoms with Gasteiger partial charge in [0.2, 0.25) is 0 Å². The number of rotatable bonds is 7. The number of carbonyl (C=O) groups is 3. The van der Waals surface area contributed by atoms with Crippen molar-refractivity contribution in [3.8, 4) is 5.75 Å². The number of halogens is 2. The Morgan fingerprint density at radius 2 is 1.73 bits per heavy atom. The summed E-state index contributed by atoms with van der Waals surface area (Å²) >= 11 is 5.86. The fraction of sp³-hybridized carbons (Fsp3) is 0.125. The van der Waals surface area contributed by atoms with Gasteiger partial charge in [0.15, 0.2) is 0 Å². The number of amides is 4. The summed E-state index contributed by atoms with van der Waals surface area (Å²) in [6, 6.07) is 14.6. The van der Waals surface area contributed by atoms with Gasteiger partial charge in [0.1, 0.15) is 17.1 Å². The molecule has 0 spiro atoms.